The molecule has 78 valence electrons. The second-order valence-corrected chi connectivity index (χ2v) is 3.30. The highest BCUT2D eigenvalue weighted by atomic mass is 35.5. The van der Waals surface area contributed by atoms with Gasteiger partial charge in [-0.05, 0) is 6.07 Å². The maximum Gasteiger partial charge on any atom is 0.138 e. The van der Waals surface area contributed by atoms with E-state index in [0.717, 1.165) is 0 Å². The number of hydrogen-bond donors (Lipinski definition) is 0. The molecule has 0 fully saturated rings. The highest BCUT2D eigenvalue weighted by Gasteiger charge is 2.01. The molecule has 0 saturated heterocycles. The van der Waals surface area contributed by atoms with Crippen LogP contribution in [0.5, 0.6) is 0 Å². The molecule has 1 aromatic rings. The highest BCUT2D eigenvalue weighted by Crippen LogP contribution is 2.00. The molecule has 0 heterocycles. The lowest BCUT2D eigenvalue weighted by atomic mass is 10.1. The van der Waals surface area contributed by atoms with Gasteiger partial charge >= 0.3 is 0 Å². The van der Waals surface area contributed by atoms with Gasteiger partial charge in [0.2, 0.25) is 0 Å². The van der Waals surface area contributed by atoms with Gasteiger partial charge in [-0.3, -0.25) is 0 Å². The van der Waals surface area contributed by atoms with Gasteiger partial charge in [-0.15, -0.1) is 0 Å². The molecule has 0 aliphatic heterocycles. The lowest BCUT2D eigenvalue weighted by molar-refractivity contribution is 1.46. The summed E-state index contributed by atoms with van der Waals surface area (Å²) in [7, 11) is 0. The quantitative estimate of drug-likeness (QED) is 0.666. The Morgan fingerprint density at radius 2 is 1.41 bits per heavy atom. The van der Waals surface area contributed by atoms with E-state index in [1.165, 1.54) is 18.2 Å². The van der Waals surface area contributed by atoms with Crippen molar-refractivity contribution in [2.45, 2.75) is 0 Å². The number of benzene rings is 1. The van der Waals surface area contributed by atoms with Gasteiger partial charge in [0.25, 0.3) is 0 Å². The largest absolute Gasteiger partial charge is 0.192 e. The Morgan fingerprint density at radius 1 is 0.882 bits per heavy atom. The fraction of sp³-hybridized carbons (Fsp3) is 0. The molecule has 5 heteroatoms. The van der Waals surface area contributed by atoms with Crippen molar-refractivity contribution in [3.8, 4) is 24.3 Å². The number of rotatable bonds is 0. The molecule has 0 aromatic heterocycles. The fourth-order valence-corrected chi connectivity index (χ4v) is 1.45. The van der Waals surface area contributed by atoms with E-state index in [9.17, 15) is 0 Å². The fourth-order valence-electron chi connectivity index (χ4n) is 1.17. The number of nitrogens with zero attached hydrogens (tertiary/aromatic N) is 4. The van der Waals surface area contributed by atoms with Crippen LogP contribution in [0.25, 0.3) is 11.1 Å². The van der Waals surface area contributed by atoms with Crippen molar-refractivity contribution in [1.29, 1.82) is 21.0 Å². The highest BCUT2D eigenvalue weighted by molar-refractivity contribution is 6.31. The van der Waals surface area contributed by atoms with E-state index >= 15 is 0 Å². The molecular formula is C12H3ClN4. The summed E-state index contributed by atoms with van der Waals surface area (Å²) in [6, 6.07) is 11.2. The van der Waals surface area contributed by atoms with Crippen molar-refractivity contribution in [2.24, 2.45) is 0 Å². The van der Waals surface area contributed by atoms with Crippen LogP contribution in [0.2, 0.25) is 5.02 Å². The van der Waals surface area contributed by atoms with Gasteiger partial charge in [0, 0.05) is 10.4 Å². The first-order valence-corrected chi connectivity index (χ1v) is 4.70. The van der Waals surface area contributed by atoms with E-state index in [2.05, 4.69) is 0 Å². The molecule has 17 heavy (non-hydrogen) atoms. The minimum Gasteiger partial charge on any atom is -0.192 e. The molecule has 0 amide bonds. The monoisotopic (exact) mass is 238 g/mol. The van der Waals surface area contributed by atoms with Crippen LogP contribution in [0.1, 0.15) is 0 Å². The third kappa shape index (κ3) is 2.42. The Labute approximate surface area is 102 Å². The minimum absolute atomic E-state index is 0.0751. The second-order valence-electron chi connectivity index (χ2n) is 2.89. The smallest absolute Gasteiger partial charge is 0.138 e. The van der Waals surface area contributed by atoms with Gasteiger partial charge in [-0.2, -0.15) is 21.0 Å². The minimum atomic E-state index is -0.114. The van der Waals surface area contributed by atoms with E-state index in [0.29, 0.717) is 5.22 Å². The molecule has 0 aliphatic carbocycles. The molecular weight excluding hydrogens is 236 g/mol. The molecule has 0 saturated carbocycles. The molecule has 1 aromatic carbocycles. The molecule has 0 N–H and O–H groups in total. The standard InChI is InChI=1S/C12H3ClN4/c13-12-3-8(9(4-14)5-15)1-2-11(12)10(6-16)7-17/h1-3H. The molecule has 0 bridgehead atoms. The van der Waals surface area contributed by atoms with Crippen LogP contribution in [-0.4, -0.2) is 0 Å². The third-order valence-corrected chi connectivity index (χ3v) is 2.29. The van der Waals surface area contributed by atoms with Crippen LogP contribution in [0, 0.1) is 45.3 Å². The molecule has 0 radical (unpaired) electrons. The van der Waals surface area contributed by atoms with Crippen molar-refractivity contribution >= 4 is 22.7 Å². The third-order valence-electron chi connectivity index (χ3n) is 1.97. The number of hydrogen-bond acceptors (Lipinski definition) is 4. The second kappa shape index (κ2) is 5.34. The maximum absolute atomic E-state index is 8.70. The van der Waals surface area contributed by atoms with Crippen LogP contribution in [0.3, 0.4) is 0 Å². The van der Waals surface area contributed by atoms with Crippen LogP contribution in [0.4, 0.5) is 0 Å². The Kier molecular flexibility index (Phi) is 3.86. The van der Waals surface area contributed by atoms with Crippen LogP contribution >= 0.6 is 11.6 Å². The Hall–Kier alpha value is -2.79. The Morgan fingerprint density at radius 3 is 1.82 bits per heavy atom. The molecule has 4 nitrogen and oxygen atoms in total. The first-order valence-electron chi connectivity index (χ1n) is 4.32. The lowest BCUT2D eigenvalue weighted by Crippen LogP contribution is -2.13. The van der Waals surface area contributed by atoms with E-state index in [1.54, 1.807) is 24.3 Å². The average Bonchev–Trinajstić information content (AvgIpc) is 2.34. The van der Waals surface area contributed by atoms with Gasteiger partial charge in [-0.1, -0.05) is 23.7 Å². The topological polar surface area (TPSA) is 95.2 Å². The van der Waals surface area contributed by atoms with Crippen LogP contribution in [-0.2, 0) is 0 Å². The summed E-state index contributed by atoms with van der Waals surface area (Å²) in [6.07, 6.45) is 0. The van der Waals surface area contributed by atoms with Crippen LogP contribution in [0.15, 0.2) is 18.2 Å². The van der Waals surface area contributed by atoms with Gasteiger partial charge in [0.1, 0.15) is 35.4 Å². The lowest BCUT2D eigenvalue weighted by Gasteiger charge is -1.93. The summed E-state index contributed by atoms with van der Waals surface area (Å²) in [4.78, 5) is 0. The average molecular weight is 239 g/mol. The normalized spacial score (nSPS) is 8.06. The molecule has 0 atom stereocenters. The van der Waals surface area contributed by atoms with Gasteiger partial charge in [-0.25, -0.2) is 0 Å². The summed E-state index contributed by atoms with van der Waals surface area (Å²) >= 11 is 5.88. The van der Waals surface area contributed by atoms with Crippen LogP contribution < -0.4 is 10.4 Å². The van der Waals surface area contributed by atoms with Gasteiger partial charge in [0.05, 0.1) is 5.02 Å². The number of nitriles is 4. The van der Waals surface area contributed by atoms with Crippen molar-refractivity contribution < 1.29 is 0 Å². The van der Waals surface area contributed by atoms with E-state index in [1.807, 2.05) is 0 Å². The molecule has 0 unspecified atom stereocenters. The first kappa shape index (κ1) is 12.3. The van der Waals surface area contributed by atoms with Crippen molar-refractivity contribution in [1.82, 2.24) is 0 Å². The summed E-state index contributed by atoms with van der Waals surface area (Å²) in [5, 5.41) is 35.6. The zero-order valence-corrected chi connectivity index (χ0v) is 9.15. The van der Waals surface area contributed by atoms with Crippen molar-refractivity contribution in [3.63, 3.8) is 0 Å². The Bertz CT molecular complexity index is 716. The summed E-state index contributed by atoms with van der Waals surface area (Å²) in [5.41, 5.74) is -0.189. The van der Waals surface area contributed by atoms with E-state index < -0.39 is 0 Å². The van der Waals surface area contributed by atoms with Crippen molar-refractivity contribution in [3.05, 3.63) is 33.7 Å². The van der Waals surface area contributed by atoms with Crippen molar-refractivity contribution in [2.75, 3.05) is 0 Å². The molecule has 0 spiro atoms. The molecule has 0 aliphatic rings. The van der Waals surface area contributed by atoms with Gasteiger partial charge < -0.3 is 0 Å². The summed E-state index contributed by atoms with van der Waals surface area (Å²) in [5.74, 6) is 0. The predicted octanol–water partition coefficient (Wildman–Crippen LogP) is 0.736. The maximum atomic E-state index is 8.70. The first-order chi connectivity index (χ1) is 8.17. The Balaban J connectivity index is 3.78. The number of halogens is 1. The summed E-state index contributed by atoms with van der Waals surface area (Å²) < 4.78 is 0. The van der Waals surface area contributed by atoms with E-state index in [-0.39, 0.29) is 21.4 Å². The molecule has 1 rings (SSSR count). The zero-order chi connectivity index (χ0) is 12.8. The SMILES string of the molecule is N#CC(C#N)=c1ccc(=C(C#N)C#N)c(Cl)c1. The zero-order valence-electron chi connectivity index (χ0n) is 8.40. The predicted molar refractivity (Wildman–Crippen MR) is 60.0 cm³/mol. The van der Waals surface area contributed by atoms with E-state index in [4.69, 9.17) is 32.6 Å². The van der Waals surface area contributed by atoms with Gasteiger partial charge in [0.15, 0.2) is 0 Å². The summed E-state index contributed by atoms with van der Waals surface area (Å²) in [6.45, 7) is 0.